The first kappa shape index (κ1) is 18.7. The number of sulfonamides is 1. The van der Waals surface area contributed by atoms with Crippen molar-refractivity contribution in [1.29, 1.82) is 0 Å². The Morgan fingerprint density at radius 3 is 2.77 bits per heavy atom. The van der Waals surface area contributed by atoms with Crippen molar-refractivity contribution in [2.24, 2.45) is 0 Å². The van der Waals surface area contributed by atoms with E-state index in [2.05, 4.69) is 10.1 Å². The van der Waals surface area contributed by atoms with E-state index in [0.29, 0.717) is 29.5 Å². The van der Waals surface area contributed by atoms with Gasteiger partial charge in [0.15, 0.2) is 0 Å². The Labute approximate surface area is 154 Å². The van der Waals surface area contributed by atoms with Crippen molar-refractivity contribution < 1.29 is 13.2 Å². The van der Waals surface area contributed by atoms with Gasteiger partial charge in [0.05, 0.1) is 24.5 Å². The van der Waals surface area contributed by atoms with Crippen molar-refractivity contribution in [2.75, 3.05) is 31.5 Å². The van der Waals surface area contributed by atoms with Crippen molar-refractivity contribution in [2.45, 2.75) is 38.3 Å². The quantitative estimate of drug-likeness (QED) is 0.782. The molecule has 1 aliphatic heterocycles. The number of anilines is 1. The Balaban J connectivity index is 2.04. The lowest BCUT2D eigenvalue weighted by molar-refractivity contribution is 0.210. The van der Waals surface area contributed by atoms with Gasteiger partial charge in [-0.15, -0.1) is 0 Å². The van der Waals surface area contributed by atoms with E-state index in [9.17, 15) is 8.42 Å². The molecule has 0 amide bonds. The van der Waals surface area contributed by atoms with Crippen LogP contribution in [0.15, 0.2) is 23.2 Å². The molecule has 3 rings (SSSR count). The molecule has 0 saturated carbocycles. The van der Waals surface area contributed by atoms with E-state index < -0.39 is 10.0 Å². The summed E-state index contributed by atoms with van der Waals surface area (Å²) in [5, 5.41) is 4.46. The van der Waals surface area contributed by atoms with E-state index in [0.717, 1.165) is 6.54 Å². The van der Waals surface area contributed by atoms with Gasteiger partial charge in [-0.05, 0) is 47.0 Å². The zero-order valence-corrected chi connectivity index (χ0v) is 16.6. The lowest BCUT2D eigenvalue weighted by atomic mass is 10.3. The molecule has 0 fully saturated rings. The maximum absolute atomic E-state index is 13.5. The second-order valence-electron chi connectivity index (χ2n) is 6.82. The van der Waals surface area contributed by atoms with Crippen LogP contribution in [0.3, 0.4) is 0 Å². The highest BCUT2D eigenvalue weighted by atomic mass is 32.2. The summed E-state index contributed by atoms with van der Waals surface area (Å²) in [6, 6.07) is 3.42. The molecule has 0 spiro atoms. The smallest absolute Gasteiger partial charge is 0.268 e. The number of hydrogen-bond donors (Lipinski definition) is 0. The molecule has 2 aromatic heterocycles. The summed E-state index contributed by atoms with van der Waals surface area (Å²) >= 11 is 0. The number of hydrogen-bond acceptors (Lipinski definition) is 6. The number of likely N-dealkylation sites (N-methyl/N-ethyl adjacent to an activating group) is 1. The average Bonchev–Trinajstić information content (AvgIpc) is 2.86. The lowest BCUT2D eigenvalue weighted by Gasteiger charge is -2.33. The second kappa shape index (κ2) is 6.88. The van der Waals surface area contributed by atoms with Crippen molar-refractivity contribution >= 4 is 15.7 Å². The molecular formula is C17H25N5O3S. The third kappa shape index (κ3) is 3.28. The van der Waals surface area contributed by atoms with Crippen LogP contribution in [0.25, 0.3) is 0 Å². The van der Waals surface area contributed by atoms with Crippen molar-refractivity contribution in [3.8, 4) is 5.88 Å². The number of pyridine rings is 1. The van der Waals surface area contributed by atoms with Crippen molar-refractivity contribution in [3.63, 3.8) is 0 Å². The molecule has 0 aromatic carbocycles. The molecule has 1 aliphatic rings. The van der Waals surface area contributed by atoms with Gasteiger partial charge in [-0.2, -0.15) is 5.10 Å². The number of aromatic nitrogens is 3. The molecule has 2 aromatic rings. The van der Waals surface area contributed by atoms with Gasteiger partial charge >= 0.3 is 0 Å². The molecular weight excluding hydrogens is 354 g/mol. The normalized spacial score (nSPS) is 17.3. The van der Waals surface area contributed by atoms with Crippen LogP contribution in [0.4, 0.5) is 5.69 Å². The fraction of sp³-hybridized carbons (Fsp3) is 0.529. The molecule has 0 bridgehead atoms. The molecule has 0 aliphatic carbocycles. The first-order valence-electron chi connectivity index (χ1n) is 8.55. The lowest BCUT2D eigenvalue weighted by Crippen LogP contribution is -2.42. The van der Waals surface area contributed by atoms with Crippen LogP contribution in [0.2, 0.25) is 0 Å². The minimum atomic E-state index is -3.77. The Morgan fingerprint density at radius 2 is 2.08 bits per heavy atom. The molecule has 142 valence electrons. The topological polar surface area (TPSA) is 80.6 Å². The molecule has 1 unspecified atom stereocenters. The molecule has 0 radical (unpaired) electrons. The molecule has 26 heavy (non-hydrogen) atoms. The van der Waals surface area contributed by atoms with Gasteiger partial charge in [-0.25, -0.2) is 13.4 Å². The van der Waals surface area contributed by atoms with Gasteiger partial charge in [0.1, 0.15) is 16.7 Å². The van der Waals surface area contributed by atoms with Gasteiger partial charge in [0, 0.05) is 12.7 Å². The monoisotopic (exact) mass is 379 g/mol. The Bertz CT molecular complexity index is 907. The number of ether oxygens (including phenoxy) is 1. The minimum absolute atomic E-state index is 0.239. The maximum atomic E-state index is 13.5. The summed E-state index contributed by atoms with van der Waals surface area (Å²) in [7, 11) is 0.178. The van der Waals surface area contributed by atoms with E-state index >= 15 is 0 Å². The molecule has 3 heterocycles. The summed E-state index contributed by atoms with van der Waals surface area (Å²) in [5.74, 6) is 0.338. The summed E-state index contributed by atoms with van der Waals surface area (Å²) in [6.45, 7) is 7.02. The number of rotatable bonds is 5. The van der Waals surface area contributed by atoms with E-state index in [1.165, 1.54) is 4.31 Å². The summed E-state index contributed by atoms with van der Waals surface area (Å²) < 4.78 is 35.8. The molecule has 0 saturated heterocycles. The van der Waals surface area contributed by atoms with Gasteiger partial charge in [-0.1, -0.05) is 0 Å². The van der Waals surface area contributed by atoms with E-state index in [1.807, 2.05) is 25.9 Å². The van der Waals surface area contributed by atoms with Crippen LogP contribution in [-0.4, -0.2) is 61.4 Å². The zero-order chi connectivity index (χ0) is 19.1. The van der Waals surface area contributed by atoms with Crippen LogP contribution in [-0.2, 0) is 16.6 Å². The number of fused-ring (bicyclic) bond motifs is 1. The first-order chi connectivity index (χ1) is 12.2. The van der Waals surface area contributed by atoms with E-state index in [-0.39, 0.29) is 17.5 Å². The van der Waals surface area contributed by atoms with Crippen LogP contribution >= 0.6 is 0 Å². The second-order valence-corrected chi connectivity index (χ2v) is 8.62. The summed E-state index contributed by atoms with van der Waals surface area (Å²) in [5.41, 5.74) is 1.62. The highest BCUT2D eigenvalue weighted by Crippen LogP contribution is 2.36. The van der Waals surface area contributed by atoms with Crippen molar-refractivity contribution in [1.82, 2.24) is 19.7 Å². The van der Waals surface area contributed by atoms with Gasteiger partial charge in [0.25, 0.3) is 10.0 Å². The van der Waals surface area contributed by atoms with Gasteiger partial charge in [0.2, 0.25) is 5.88 Å². The molecule has 8 nitrogen and oxygen atoms in total. The average molecular weight is 379 g/mol. The highest BCUT2D eigenvalue weighted by molar-refractivity contribution is 7.93. The Hall–Kier alpha value is -2.13. The predicted molar refractivity (Wildman–Crippen MR) is 99.1 cm³/mol. The third-order valence-electron chi connectivity index (χ3n) is 4.38. The fourth-order valence-electron chi connectivity index (χ4n) is 3.13. The Kier molecular flexibility index (Phi) is 4.94. The molecule has 1 atom stereocenters. The Morgan fingerprint density at radius 1 is 1.35 bits per heavy atom. The van der Waals surface area contributed by atoms with Crippen LogP contribution < -0.4 is 9.04 Å². The molecule has 9 heteroatoms. The summed E-state index contributed by atoms with van der Waals surface area (Å²) in [4.78, 5) is 6.47. The minimum Gasteiger partial charge on any atom is -0.471 e. The standard InChI is InChI=1S/C17H25N5O3S/c1-12-11-22(15-7-6-8-18-17(15)25-12)26(23,24)16-13(2)19-21(14(16)3)10-9-20(4)5/h6-8,12H,9-11H2,1-5H3. The SMILES string of the molecule is Cc1nn(CCN(C)C)c(C)c1S(=O)(=O)N1CC(C)Oc2ncccc21. The van der Waals surface area contributed by atoms with E-state index in [1.54, 1.807) is 36.9 Å². The number of nitrogens with zero attached hydrogens (tertiary/aromatic N) is 5. The highest BCUT2D eigenvalue weighted by Gasteiger charge is 2.36. The number of aryl methyl sites for hydroxylation is 1. The van der Waals surface area contributed by atoms with Crippen LogP contribution in [0.5, 0.6) is 5.88 Å². The predicted octanol–water partition coefficient (Wildman–Crippen LogP) is 1.43. The zero-order valence-electron chi connectivity index (χ0n) is 15.8. The van der Waals surface area contributed by atoms with Crippen LogP contribution in [0, 0.1) is 13.8 Å². The third-order valence-corrected chi connectivity index (χ3v) is 6.41. The molecule has 0 N–H and O–H groups in total. The largest absolute Gasteiger partial charge is 0.471 e. The van der Waals surface area contributed by atoms with Crippen molar-refractivity contribution in [3.05, 3.63) is 29.7 Å². The van der Waals surface area contributed by atoms with E-state index in [4.69, 9.17) is 4.74 Å². The maximum Gasteiger partial charge on any atom is 0.268 e. The van der Waals surface area contributed by atoms with Gasteiger partial charge < -0.3 is 9.64 Å². The van der Waals surface area contributed by atoms with Gasteiger partial charge in [-0.3, -0.25) is 8.99 Å². The first-order valence-corrected chi connectivity index (χ1v) is 9.99. The summed E-state index contributed by atoms with van der Waals surface area (Å²) in [6.07, 6.45) is 1.31. The van der Waals surface area contributed by atoms with Crippen LogP contribution in [0.1, 0.15) is 18.3 Å². The fourth-order valence-corrected chi connectivity index (χ4v) is 5.04.